The number of methoxy groups -OCH3 is 1. The number of aliphatic hydroxyl groups is 1. The third-order valence-corrected chi connectivity index (χ3v) is 2.69. The molecule has 0 fully saturated rings. The van der Waals surface area contributed by atoms with Gasteiger partial charge in [0.05, 0.1) is 36.5 Å². The van der Waals surface area contributed by atoms with E-state index < -0.39 is 6.10 Å². The first-order chi connectivity index (χ1) is 9.17. The maximum absolute atomic E-state index is 9.67. The molecule has 1 aromatic carbocycles. The molecule has 0 saturated carbocycles. The highest BCUT2D eigenvalue weighted by atomic mass is 35.5. The van der Waals surface area contributed by atoms with E-state index in [0.717, 1.165) is 5.69 Å². The molecular formula is C13H17ClN2O3. The van der Waals surface area contributed by atoms with Gasteiger partial charge >= 0.3 is 0 Å². The Bertz CT molecular complexity index is 434. The zero-order valence-corrected chi connectivity index (χ0v) is 11.5. The van der Waals surface area contributed by atoms with E-state index in [2.05, 4.69) is 5.32 Å². The van der Waals surface area contributed by atoms with E-state index in [4.69, 9.17) is 26.3 Å². The second kappa shape index (κ2) is 8.73. The summed E-state index contributed by atoms with van der Waals surface area (Å²) in [5.74, 6) is 0. The minimum Gasteiger partial charge on any atom is -0.389 e. The van der Waals surface area contributed by atoms with E-state index >= 15 is 0 Å². The summed E-state index contributed by atoms with van der Waals surface area (Å²) >= 11 is 5.90. The summed E-state index contributed by atoms with van der Waals surface area (Å²) < 4.78 is 10.0. The van der Waals surface area contributed by atoms with Crippen molar-refractivity contribution in [2.24, 2.45) is 0 Å². The molecule has 1 unspecified atom stereocenters. The van der Waals surface area contributed by atoms with Crippen LogP contribution in [0.2, 0.25) is 5.02 Å². The Labute approximate surface area is 117 Å². The second-order valence-corrected chi connectivity index (χ2v) is 4.32. The number of hydrogen-bond acceptors (Lipinski definition) is 5. The molecule has 1 atom stereocenters. The first kappa shape index (κ1) is 15.7. The van der Waals surface area contributed by atoms with Crippen LogP contribution in [0.5, 0.6) is 0 Å². The maximum atomic E-state index is 9.67. The van der Waals surface area contributed by atoms with Gasteiger partial charge in [-0.3, -0.25) is 0 Å². The normalized spacial score (nSPS) is 11.9. The average molecular weight is 285 g/mol. The van der Waals surface area contributed by atoms with E-state index in [1.54, 1.807) is 25.3 Å². The van der Waals surface area contributed by atoms with E-state index in [9.17, 15) is 5.11 Å². The van der Waals surface area contributed by atoms with Gasteiger partial charge in [-0.2, -0.15) is 5.26 Å². The summed E-state index contributed by atoms with van der Waals surface area (Å²) in [5.41, 5.74) is 1.18. The first-order valence-electron chi connectivity index (χ1n) is 5.85. The van der Waals surface area contributed by atoms with Gasteiger partial charge < -0.3 is 19.9 Å². The smallest absolute Gasteiger partial charge is 0.101 e. The van der Waals surface area contributed by atoms with Crippen molar-refractivity contribution >= 4 is 17.3 Å². The Morgan fingerprint density at radius 2 is 2.26 bits per heavy atom. The minimum atomic E-state index is -0.619. The Hall–Kier alpha value is -1.32. The van der Waals surface area contributed by atoms with Crippen LogP contribution in [0.3, 0.4) is 0 Å². The highest BCUT2D eigenvalue weighted by molar-refractivity contribution is 6.32. The van der Waals surface area contributed by atoms with Crippen molar-refractivity contribution in [3.8, 4) is 6.07 Å². The standard InChI is InChI=1S/C13H17ClN2O3/c1-18-4-5-19-9-12(17)8-16-11-3-2-10(7-15)13(14)6-11/h2-3,6,12,16-17H,4-5,8-9H2,1H3. The van der Waals surface area contributed by atoms with Crippen molar-refractivity contribution in [2.75, 3.05) is 38.8 Å². The number of halogens is 1. The average Bonchev–Trinajstić information content (AvgIpc) is 2.41. The molecule has 0 aromatic heterocycles. The van der Waals surface area contributed by atoms with Crippen LogP contribution >= 0.6 is 11.6 Å². The number of nitrogens with one attached hydrogen (secondary N) is 1. The Morgan fingerprint density at radius 1 is 1.47 bits per heavy atom. The molecule has 104 valence electrons. The molecule has 0 saturated heterocycles. The zero-order chi connectivity index (χ0) is 14.1. The fourth-order valence-corrected chi connectivity index (χ4v) is 1.59. The lowest BCUT2D eigenvalue weighted by Gasteiger charge is -2.13. The van der Waals surface area contributed by atoms with Gasteiger partial charge in [0.1, 0.15) is 6.07 Å². The van der Waals surface area contributed by atoms with Crippen molar-refractivity contribution in [1.82, 2.24) is 0 Å². The third kappa shape index (κ3) is 5.90. The van der Waals surface area contributed by atoms with Crippen LogP contribution in [0.15, 0.2) is 18.2 Å². The first-order valence-corrected chi connectivity index (χ1v) is 6.23. The number of ether oxygens (including phenoxy) is 2. The lowest BCUT2D eigenvalue weighted by molar-refractivity contribution is 0.0182. The molecule has 0 bridgehead atoms. The van der Waals surface area contributed by atoms with Gasteiger partial charge in [-0.15, -0.1) is 0 Å². The molecule has 1 aromatic rings. The third-order valence-electron chi connectivity index (χ3n) is 2.37. The van der Waals surface area contributed by atoms with Crippen molar-refractivity contribution < 1.29 is 14.6 Å². The van der Waals surface area contributed by atoms with E-state index in [1.165, 1.54) is 0 Å². The van der Waals surface area contributed by atoms with Crippen molar-refractivity contribution in [3.05, 3.63) is 28.8 Å². The lowest BCUT2D eigenvalue weighted by atomic mass is 10.2. The quantitative estimate of drug-likeness (QED) is 0.710. The molecule has 5 nitrogen and oxygen atoms in total. The van der Waals surface area contributed by atoms with Gasteiger partial charge in [0, 0.05) is 19.3 Å². The Kier molecular flexibility index (Phi) is 7.23. The second-order valence-electron chi connectivity index (χ2n) is 3.91. The van der Waals surface area contributed by atoms with Gasteiger partial charge in [0.15, 0.2) is 0 Å². The number of nitriles is 1. The maximum Gasteiger partial charge on any atom is 0.101 e. The molecular weight excluding hydrogens is 268 g/mol. The minimum absolute atomic E-state index is 0.236. The molecule has 0 aliphatic heterocycles. The Balaban J connectivity index is 2.32. The molecule has 1 rings (SSSR count). The van der Waals surface area contributed by atoms with Crippen molar-refractivity contribution in [2.45, 2.75) is 6.10 Å². The number of aliphatic hydroxyl groups excluding tert-OH is 1. The zero-order valence-electron chi connectivity index (χ0n) is 10.7. The molecule has 0 heterocycles. The van der Waals surface area contributed by atoms with Gasteiger partial charge in [0.25, 0.3) is 0 Å². The van der Waals surface area contributed by atoms with E-state index in [-0.39, 0.29) is 6.61 Å². The highest BCUT2D eigenvalue weighted by Gasteiger charge is 2.05. The summed E-state index contributed by atoms with van der Waals surface area (Å²) in [6.07, 6.45) is -0.619. The molecule has 0 amide bonds. The number of hydrogen-bond donors (Lipinski definition) is 2. The highest BCUT2D eigenvalue weighted by Crippen LogP contribution is 2.20. The fraction of sp³-hybridized carbons (Fsp3) is 0.462. The summed E-state index contributed by atoms with van der Waals surface area (Å²) in [4.78, 5) is 0. The fourth-order valence-electron chi connectivity index (χ4n) is 1.37. The largest absolute Gasteiger partial charge is 0.389 e. The van der Waals surface area contributed by atoms with Gasteiger partial charge in [-0.25, -0.2) is 0 Å². The molecule has 0 spiro atoms. The number of rotatable bonds is 8. The predicted octanol–water partition coefficient (Wildman–Crippen LogP) is 1.65. The van der Waals surface area contributed by atoms with Crippen LogP contribution in [-0.2, 0) is 9.47 Å². The molecule has 0 radical (unpaired) electrons. The summed E-state index contributed by atoms with van der Waals surface area (Å²) in [5, 5.41) is 21.8. The summed E-state index contributed by atoms with van der Waals surface area (Å²) in [6.45, 7) is 1.54. The molecule has 0 aliphatic carbocycles. The Morgan fingerprint density at radius 3 is 2.89 bits per heavy atom. The molecule has 6 heteroatoms. The van der Waals surface area contributed by atoms with Crippen LogP contribution in [0, 0.1) is 11.3 Å². The van der Waals surface area contributed by atoms with Crippen LogP contribution in [0.4, 0.5) is 5.69 Å². The van der Waals surface area contributed by atoms with Gasteiger partial charge in [-0.05, 0) is 18.2 Å². The number of anilines is 1. The van der Waals surface area contributed by atoms with Crippen molar-refractivity contribution in [3.63, 3.8) is 0 Å². The molecule has 19 heavy (non-hydrogen) atoms. The molecule has 0 aliphatic rings. The van der Waals surface area contributed by atoms with Gasteiger partial charge in [0.2, 0.25) is 0 Å². The summed E-state index contributed by atoms with van der Waals surface area (Å²) in [7, 11) is 1.59. The van der Waals surface area contributed by atoms with E-state index in [1.807, 2.05) is 6.07 Å². The van der Waals surface area contributed by atoms with Crippen LogP contribution < -0.4 is 5.32 Å². The van der Waals surface area contributed by atoms with Gasteiger partial charge in [-0.1, -0.05) is 11.6 Å². The van der Waals surface area contributed by atoms with Crippen molar-refractivity contribution in [1.29, 1.82) is 5.26 Å². The van der Waals surface area contributed by atoms with E-state index in [0.29, 0.717) is 30.3 Å². The number of benzene rings is 1. The summed E-state index contributed by atoms with van der Waals surface area (Å²) in [6, 6.07) is 7.01. The monoisotopic (exact) mass is 284 g/mol. The van der Waals surface area contributed by atoms with Crippen LogP contribution in [0.25, 0.3) is 0 Å². The SMILES string of the molecule is COCCOCC(O)CNc1ccc(C#N)c(Cl)c1. The molecule has 2 N–H and O–H groups in total. The number of nitrogens with zero attached hydrogens (tertiary/aromatic N) is 1. The topological polar surface area (TPSA) is 74.5 Å². The van der Waals surface area contributed by atoms with Crippen LogP contribution in [-0.4, -0.2) is 44.7 Å². The van der Waals surface area contributed by atoms with Crippen LogP contribution in [0.1, 0.15) is 5.56 Å². The predicted molar refractivity (Wildman–Crippen MR) is 73.4 cm³/mol. The lowest BCUT2D eigenvalue weighted by Crippen LogP contribution is -2.25.